The fraction of sp³-hybridized carbons (Fsp3) is 0.417. The van der Waals surface area contributed by atoms with Crippen LogP contribution in [0.3, 0.4) is 0 Å². The molecule has 0 saturated carbocycles. The first kappa shape index (κ1) is 12.5. The van der Waals surface area contributed by atoms with Gasteiger partial charge >= 0.3 is 5.97 Å². The standard InChI is InChI=1S/C12H16O4/c1-2-8-15-11-5-3-10(4-6-11)12(14)16-9-7-13/h3-6,13H,2,7-9H2,1H3. The Morgan fingerprint density at radius 3 is 2.50 bits per heavy atom. The Labute approximate surface area is 94.8 Å². The minimum atomic E-state index is -0.434. The van der Waals surface area contributed by atoms with Crippen molar-refractivity contribution in [2.75, 3.05) is 19.8 Å². The number of hydrogen-bond acceptors (Lipinski definition) is 4. The van der Waals surface area contributed by atoms with E-state index >= 15 is 0 Å². The van der Waals surface area contributed by atoms with Crippen LogP contribution in [0.5, 0.6) is 5.75 Å². The van der Waals surface area contributed by atoms with E-state index in [0.29, 0.717) is 12.2 Å². The molecule has 4 nitrogen and oxygen atoms in total. The monoisotopic (exact) mass is 224 g/mol. The van der Waals surface area contributed by atoms with E-state index in [1.165, 1.54) is 0 Å². The van der Waals surface area contributed by atoms with Gasteiger partial charge in [0.1, 0.15) is 12.4 Å². The van der Waals surface area contributed by atoms with Gasteiger partial charge in [0.05, 0.1) is 18.8 Å². The smallest absolute Gasteiger partial charge is 0.338 e. The van der Waals surface area contributed by atoms with Crippen LogP contribution in [-0.4, -0.2) is 30.9 Å². The van der Waals surface area contributed by atoms with Crippen molar-refractivity contribution in [2.45, 2.75) is 13.3 Å². The molecule has 1 aromatic carbocycles. The molecule has 1 aromatic rings. The Bertz CT molecular complexity index is 318. The van der Waals surface area contributed by atoms with E-state index in [1.807, 2.05) is 6.92 Å². The zero-order valence-corrected chi connectivity index (χ0v) is 9.31. The summed E-state index contributed by atoms with van der Waals surface area (Å²) in [7, 11) is 0. The van der Waals surface area contributed by atoms with Crippen molar-refractivity contribution in [1.29, 1.82) is 0 Å². The Balaban J connectivity index is 2.53. The van der Waals surface area contributed by atoms with Gasteiger partial charge in [-0.05, 0) is 30.7 Å². The van der Waals surface area contributed by atoms with Crippen LogP contribution in [0.25, 0.3) is 0 Å². The summed E-state index contributed by atoms with van der Waals surface area (Å²) >= 11 is 0. The van der Waals surface area contributed by atoms with Gasteiger partial charge in [-0.25, -0.2) is 4.79 Å². The summed E-state index contributed by atoms with van der Waals surface area (Å²) < 4.78 is 10.1. The molecule has 0 aliphatic rings. The molecule has 4 heteroatoms. The van der Waals surface area contributed by atoms with Crippen molar-refractivity contribution in [1.82, 2.24) is 0 Å². The molecule has 0 aliphatic carbocycles. The summed E-state index contributed by atoms with van der Waals surface area (Å²) in [5.74, 6) is 0.302. The molecule has 88 valence electrons. The minimum Gasteiger partial charge on any atom is -0.494 e. The van der Waals surface area contributed by atoms with Gasteiger partial charge in [-0.2, -0.15) is 0 Å². The lowest BCUT2D eigenvalue weighted by Gasteiger charge is -2.05. The molecular weight excluding hydrogens is 208 g/mol. The molecule has 1 rings (SSSR count). The SMILES string of the molecule is CCCOc1ccc(C(=O)OCCO)cc1. The fourth-order valence-electron chi connectivity index (χ4n) is 1.13. The van der Waals surface area contributed by atoms with Crippen LogP contribution in [0.15, 0.2) is 24.3 Å². The first-order valence-electron chi connectivity index (χ1n) is 5.28. The lowest BCUT2D eigenvalue weighted by molar-refractivity contribution is 0.0433. The van der Waals surface area contributed by atoms with Crippen LogP contribution in [0.1, 0.15) is 23.7 Å². The molecule has 0 aliphatic heterocycles. The number of ether oxygens (including phenoxy) is 2. The third-order valence-corrected chi connectivity index (χ3v) is 1.89. The van der Waals surface area contributed by atoms with Gasteiger partial charge in [-0.15, -0.1) is 0 Å². The third-order valence-electron chi connectivity index (χ3n) is 1.89. The first-order valence-corrected chi connectivity index (χ1v) is 5.28. The van der Waals surface area contributed by atoms with Gasteiger partial charge < -0.3 is 14.6 Å². The van der Waals surface area contributed by atoms with Crippen molar-refractivity contribution >= 4 is 5.97 Å². The van der Waals surface area contributed by atoms with Gasteiger partial charge in [0.15, 0.2) is 0 Å². The van der Waals surface area contributed by atoms with Crippen molar-refractivity contribution in [2.24, 2.45) is 0 Å². The number of hydrogen-bond donors (Lipinski definition) is 1. The van der Waals surface area contributed by atoms with Crippen molar-refractivity contribution in [3.63, 3.8) is 0 Å². The van der Waals surface area contributed by atoms with E-state index in [1.54, 1.807) is 24.3 Å². The van der Waals surface area contributed by atoms with Crippen molar-refractivity contribution < 1.29 is 19.4 Å². The molecule has 0 heterocycles. The number of benzene rings is 1. The molecule has 0 bridgehead atoms. The maximum absolute atomic E-state index is 11.4. The quantitative estimate of drug-likeness (QED) is 0.746. The van der Waals surface area contributed by atoms with E-state index in [-0.39, 0.29) is 13.2 Å². The van der Waals surface area contributed by atoms with Crippen molar-refractivity contribution in [3.8, 4) is 5.75 Å². The number of esters is 1. The zero-order valence-electron chi connectivity index (χ0n) is 9.31. The number of aliphatic hydroxyl groups excluding tert-OH is 1. The van der Waals surface area contributed by atoms with Gasteiger partial charge in [0.2, 0.25) is 0 Å². The normalized spacial score (nSPS) is 9.88. The Hall–Kier alpha value is -1.55. The van der Waals surface area contributed by atoms with Gasteiger partial charge in [0.25, 0.3) is 0 Å². The third kappa shape index (κ3) is 3.90. The summed E-state index contributed by atoms with van der Waals surface area (Å²) in [6.45, 7) is 2.55. The Morgan fingerprint density at radius 2 is 1.94 bits per heavy atom. The summed E-state index contributed by atoms with van der Waals surface area (Å²) in [5, 5.41) is 8.51. The topological polar surface area (TPSA) is 55.8 Å². The largest absolute Gasteiger partial charge is 0.494 e. The van der Waals surface area contributed by atoms with Crippen molar-refractivity contribution in [3.05, 3.63) is 29.8 Å². The fourth-order valence-corrected chi connectivity index (χ4v) is 1.13. The average molecular weight is 224 g/mol. The number of rotatable bonds is 6. The molecule has 0 fully saturated rings. The number of carbonyl (C=O) groups is 1. The Morgan fingerprint density at radius 1 is 1.25 bits per heavy atom. The van der Waals surface area contributed by atoms with Crippen LogP contribution in [0.4, 0.5) is 0 Å². The summed E-state index contributed by atoms with van der Waals surface area (Å²) in [4.78, 5) is 11.4. The van der Waals surface area contributed by atoms with E-state index < -0.39 is 5.97 Å². The van der Waals surface area contributed by atoms with Crippen LogP contribution in [0.2, 0.25) is 0 Å². The second-order valence-electron chi connectivity index (χ2n) is 3.23. The Kier molecular flexibility index (Phi) is 5.36. The number of carbonyl (C=O) groups excluding carboxylic acids is 1. The zero-order chi connectivity index (χ0) is 11.8. The average Bonchev–Trinajstić information content (AvgIpc) is 2.34. The molecule has 16 heavy (non-hydrogen) atoms. The molecule has 0 amide bonds. The second-order valence-corrected chi connectivity index (χ2v) is 3.23. The van der Waals surface area contributed by atoms with Crippen LogP contribution >= 0.6 is 0 Å². The predicted octanol–water partition coefficient (Wildman–Crippen LogP) is 1.62. The van der Waals surface area contributed by atoms with Gasteiger partial charge in [-0.1, -0.05) is 6.92 Å². The summed E-state index contributed by atoms with van der Waals surface area (Å²) in [5.41, 5.74) is 0.456. The molecular formula is C12H16O4. The van der Waals surface area contributed by atoms with E-state index in [2.05, 4.69) is 0 Å². The molecule has 0 unspecified atom stereocenters. The molecule has 0 radical (unpaired) electrons. The maximum Gasteiger partial charge on any atom is 0.338 e. The second kappa shape index (κ2) is 6.85. The van der Waals surface area contributed by atoms with E-state index in [0.717, 1.165) is 12.2 Å². The maximum atomic E-state index is 11.4. The van der Waals surface area contributed by atoms with Gasteiger partial charge in [0, 0.05) is 0 Å². The number of aliphatic hydroxyl groups is 1. The highest BCUT2D eigenvalue weighted by molar-refractivity contribution is 5.89. The molecule has 0 atom stereocenters. The van der Waals surface area contributed by atoms with Crippen LogP contribution in [0, 0.1) is 0 Å². The van der Waals surface area contributed by atoms with E-state index in [4.69, 9.17) is 14.6 Å². The predicted molar refractivity (Wildman–Crippen MR) is 59.6 cm³/mol. The lowest BCUT2D eigenvalue weighted by Crippen LogP contribution is -2.08. The summed E-state index contributed by atoms with van der Waals surface area (Å²) in [6, 6.07) is 6.74. The highest BCUT2D eigenvalue weighted by Crippen LogP contribution is 2.13. The lowest BCUT2D eigenvalue weighted by atomic mass is 10.2. The molecule has 0 saturated heterocycles. The summed E-state index contributed by atoms with van der Waals surface area (Å²) in [6.07, 6.45) is 0.945. The minimum absolute atomic E-state index is 0.0208. The highest BCUT2D eigenvalue weighted by Gasteiger charge is 2.06. The molecule has 1 N–H and O–H groups in total. The molecule has 0 spiro atoms. The molecule has 0 aromatic heterocycles. The first-order chi connectivity index (χ1) is 7.77. The van der Waals surface area contributed by atoms with Crippen LogP contribution < -0.4 is 4.74 Å². The highest BCUT2D eigenvalue weighted by atomic mass is 16.5. The van der Waals surface area contributed by atoms with Crippen LogP contribution in [-0.2, 0) is 4.74 Å². The van der Waals surface area contributed by atoms with Gasteiger partial charge in [-0.3, -0.25) is 0 Å². The van der Waals surface area contributed by atoms with E-state index in [9.17, 15) is 4.79 Å².